The number of nitrogens with one attached hydrogen (secondary N) is 3. The molecule has 1 aromatic carbocycles. The fourth-order valence-corrected chi connectivity index (χ4v) is 2.47. The van der Waals surface area contributed by atoms with E-state index in [1.165, 1.54) is 0 Å². The highest BCUT2D eigenvalue weighted by atomic mass is 16.5. The van der Waals surface area contributed by atoms with Crippen LogP contribution in [0.3, 0.4) is 0 Å². The largest absolute Gasteiger partial charge is 0.326 e. The smallest absolute Gasteiger partial charge is 0.319 e. The number of anilines is 1. The van der Waals surface area contributed by atoms with Crippen molar-refractivity contribution in [2.24, 2.45) is 5.92 Å². The van der Waals surface area contributed by atoms with E-state index in [2.05, 4.69) is 10.6 Å². The Morgan fingerprint density at radius 3 is 2.14 bits per heavy atom. The molecule has 1 aromatic rings. The van der Waals surface area contributed by atoms with E-state index < -0.39 is 18.0 Å². The summed E-state index contributed by atoms with van der Waals surface area (Å²) in [4.78, 5) is 23.7. The number of hydrogen-bond acceptors (Lipinski definition) is 3. The molecule has 3 amide bonds. The minimum Gasteiger partial charge on any atom is -0.326 e. The van der Waals surface area contributed by atoms with Crippen LogP contribution in [0.15, 0.2) is 12.1 Å². The third-order valence-corrected chi connectivity index (χ3v) is 3.35. The number of urea groups is 1. The van der Waals surface area contributed by atoms with Crippen LogP contribution in [0.5, 0.6) is 0 Å². The van der Waals surface area contributed by atoms with Crippen LogP contribution in [0.4, 0.5) is 10.5 Å². The predicted molar refractivity (Wildman–Crippen MR) is 86.0 cm³/mol. The molecule has 22 heavy (non-hydrogen) atoms. The molecule has 0 aliphatic heterocycles. The normalized spacial score (nSPS) is 12.0. The molecule has 0 radical (unpaired) electrons. The van der Waals surface area contributed by atoms with Crippen LogP contribution in [-0.4, -0.2) is 23.2 Å². The van der Waals surface area contributed by atoms with Gasteiger partial charge in [0.2, 0.25) is 0 Å². The van der Waals surface area contributed by atoms with E-state index in [4.69, 9.17) is 5.21 Å². The zero-order valence-corrected chi connectivity index (χ0v) is 13.8. The number of benzene rings is 1. The van der Waals surface area contributed by atoms with Gasteiger partial charge in [-0.3, -0.25) is 10.0 Å². The van der Waals surface area contributed by atoms with Crippen molar-refractivity contribution in [3.05, 3.63) is 28.8 Å². The van der Waals surface area contributed by atoms with Crippen molar-refractivity contribution in [3.8, 4) is 0 Å². The van der Waals surface area contributed by atoms with Crippen LogP contribution in [0.2, 0.25) is 0 Å². The van der Waals surface area contributed by atoms with Gasteiger partial charge in [-0.2, -0.15) is 0 Å². The first kappa shape index (κ1) is 18.0. The van der Waals surface area contributed by atoms with E-state index in [0.29, 0.717) is 6.42 Å². The van der Waals surface area contributed by atoms with Crippen LogP contribution in [0, 0.1) is 26.7 Å². The zero-order valence-electron chi connectivity index (χ0n) is 13.8. The van der Waals surface area contributed by atoms with Crippen molar-refractivity contribution in [1.29, 1.82) is 0 Å². The van der Waals surface area contributed by atoms with Gasteiger partial charge in [-0.1, -0.05) is 31.5 Å². The Kier molecular flexibility index (Phi) is 6.37. The van der Waals surface area contributed by atoms with Crippen molar-refractivity contribution >= 4 is 17.6 Å². The quantitative estimate of drug-likeness (QED) is 0.498. The summed E-state index contributed by atoms with van der Waals surface area (Å²) < 4.78 is 0. The van der Waals surface area contributed by atoms with Crippen LogP contribution >= 0.6 is 0 Å². The SMILES string of the molecule is Cc1cc(C)c(NC(=O)N[C@@H](CC(C)C)C(=O)NO)c(C)c1. The molecule has 1 atom stereocenters. The van der Waals surface area contributed by atoms with E-state index in [1.807, 2.05) is 46.8 Å². The van der Waals surface area contributed by atoms with Gasteiger partial charge in [0, 0.05) is 5.69 Å². The molecule has 1 rings (SSSR count). The van der Waals surface area contributed by atoms with E-state index in [-0.39, 0.29) is 5.92 Å². The Morgan fingerprint density at radius 1 is 1.14 bits per heavy atom. The number of aryl methyl sites for hydroxylation is 3. The second-order valence-electron chi connectivity index (χ2n) is 6.03. The van der Waals surface area contributed by atoms with Gasteiger partial charge >= 0.3 is 6.03 Å². The number of carbonyl (C=O) groups is 2. The molecule has 0 saturated heterocycles. The van der Waals surface area contributed by atoms with E-state index in [0.717, 1.165) is 22.4 Å². The molecule has 6 nitrogen and oxygen atoms in total. The van der Waals surface area contributed by atoms with Crippen molar-refractivity contribution < 1.29 is 14.8 Å². The van der Waals surface area contributed by atoms with Crippen molar-refractivity contribution in [2.75, 3.05) is 5.32 Å². The van der Waals surface area contributed by atoms with Crippen molar-refractivity contribution in [1.82, 2.24) is 10.8 Å². The number of amides is 3. The Hall–Kier alpha value is -2.08. The van der Waals surface area contributed by atoms with E-state index in [9.17, 15) is 9.59 Å². The maximum Gasteiger partial charge on any atom is 0.319 e. The molecular weight excluding hydrogens is 282 g/mol. The number of carbonyl (C=O) groups excluding carboxylic acids is 2. The van der Waals surface area contributed by atoms with Crippen molar-refractivity contribution in [3.63, 3.8) is 0 Å². The van der Waals surface area contributed by atoms with Gasteiger partial charge in [0.05, 0.1) is 0 Å². The molecule has 0 heterocycles. The predicted octanol–water partition coefficient (Wildman–Crippen LogP) is 2.65. The summed E-state index contributed by atoms with van der Waals surface area (Å²) in [5.41, 5.74) is 5.36. The maximum atomic E-state index is 12.1. The molecule has 0 spiro atoms. The molecular formula is C16H25N3O3. The van der Waals surface area contributed by atoms with E-state index >= 15 is 0 Å². The lowest BCUT2D eigenvalue weighted by Gasteiger charge is -2.20. The van der Waals surface area contributed by atoms with Crippen LogP contribution in [0.1, 0.15) is 37.0 Å². The average molecular weight is 307 g/mol. The Labute approximate surface area is 131 Å². The number of hydroxylamine groups is 1. The highest BCUT2D eigenvalue weighted by Crippen LogP contribution is 2.21. The summed E-state index contributed by atoms with van der Waals surface area (Å²) >= 11 is 0. The topological polar surface area (TPSA) is 90.5 Å². The average Bonchev–Trinajstić information content (AvgIpc) is 2.40. The Bertz CT molecular complexity index is 533. The minimum absolute atomic E-state index is 0.199. The van der Waals surface area contributed by atoms with Gasteiger partial charge < -0.3 is 10.6 Å². The summed E-state index contributed by atoms with van der Waals surface area (Å²) in [5.74, 6) is -0.424. The molecule has 0 saturated carbocycles. The second-order valence-corrected chi connectivity index (χ2v) is 6.03. The van der Waals surface area contributed by atoms with Gasteiger partial charge in [0.15, 0.2) is 0 Å². The molecule has 0 fully saturated rings. The lowest BCUT2D eigenvalue weighted by atomic mass is 10.0. The summed E-state index contributed by atoms with van der Waals surface area (Å²) in [5, 5.41) is 14.1. The maximum absolute atomic E-state index is 12.1. The molecule has 0 aromatic heterocycles. The first-order chi connectivity index (χ1) is 10.2. The fraction of sp³-hybridized carbons (Fsp3) is 0.500. The molecule has 0 unspecified atom stereocenters. The van der Waals surface area contributed by atoms with Gasteiger partial charge in [-0.25, -0.2) is 10.3 Å². The third-order valence-electron chi connectivity index (χ3n) is 3.35. The fourth-order valence-electron chi connectivity index (χ4n) is 2.47. The Morgan fingerprint density at radius 2 is 1.68 bits per heavy atom. The van der Waals surface area contributed by atoms with Gasteiger partial charge in [-0.05, 0) is 44.2 Å². The molecule has 6 heteroatoms. The minimum atomic E-state index is -0.781. The highest BCUT2D eigenvalue weighted by Gasteiger charge is 2.22. The van der Waals surface area contributed by atoms with Crippen molar-refractivity contribution in [2.45, 2.75) is 47.1 Å². The zero-order chi connectivity index (χ0) is 16.9. The summed E-state index contributed by atoms with van der Waals surface area (Å²) in [6.07, 6.45) is 0.436. The lowest BCUT2D eigenvalue weighted by molar-refractivity contribution is -0.131. The van der Waals surface area contributed by atoms with Crippen LogP contribution < -0.4 is 16.1 Å². The monoisotopic (exact) mass is 307 g/mol. The number of rotatable bonds is 5. The number of hydrogen-bond donors (Lipinski definition) is 4. The highest BCUT2D eigenvalue weighted by molar-refractivity contribution is 5.94. The molecule has 0 aliphatic carbocycles. The summed E-state index contributed by atoms with van der Waals surface area (Å²) in [7, 11) is 0. The van der Waals surface area contributed by atoms with Gasteiger partial charge in [0.25, 0.3) is 5.91 Å². The molecule has 122 valence electrons. The summed E-state index contributed by atoms with van der Waals surface area (Å²) in [6.45, 7) is 9.70. The first-order valence-corrected chi connectivity index (χ1v) is 7.34. The standard InChI is InChI=1S/C16H25N3O3/c1-9(2)6-13(15(20)19-22)17-16(21)18-14-11(4)7-10(3)8-12(14)5/h7-9,13,22H,6H2,1-5H3,(H,19,20)(H2,17,18,21)/t13-/m0/s1. The second kappa shape index (κ2) is 7.79. The lowest BCUT2D eigenvalue weighted by Crippen LogP contribution is -2.48. The first-order valence-electron chi connectivity index (χ1n) is 7.34. The van der Waals surface area contributed by atoms with E-state index in [1.54, 1.807) is 5.48 Å². The molecule has 4 N–H and O–H groups in total. The van der Waals surface area contributed by atoms with Gasteiger partial charge in [0.1, 0.15) is 6.04 Å². The summed E-state index contributed by atoms with van der Waals surface area (Å²) in [6, 6.07) is 2.71. The molecule has 0 bridgehead atoms. The third kappa shape index (κ3) is 5.04. The molecule has 0 aliphatic rings. The van der Waals surface area contributed by atoms with Crippen LogP contribution in [-0.2, 0) is 4.79 Å². The Balaban J connectivity index is 2.82. The van der Waals surface area contributed by atoms with Gasteiger partial charge in [-0.15, -0.1) is 0 Å². The van der Waals surface area contributed by atoms with Crippen LogP contribution in [0.25, 0.3) is 0 Å².